The molecular formula is C19H28O8. The molecule has 0 amide bonds. The topological polar surface area (TPSA) is 112 Å². The molecule has 0 saturated carbocycles. The number of rotatable bonds is 16. The fourth-order valence-corrected chi connectivity index (χ4v) is 2.19. The minimum atomic E-state index is -0.865. The Morgan fingerprint density at radius 3 is 2.11 bits per heavy atom. The molecule has 0 aliphatic carbocycles. The van der Waals surface area contributed by atoms with Gasteiger partial charge in [0, 0.05) is 26.1 Å². The Bertz CT molecular complexity index is 543. The molecule has 2 N–H and O–H groups in total. The van der Waals surface area contributed by atoms with E-state index in [1.807, 2.05) is 24.3 Å². The third-order valence-electron chi connectivity index (χ3n) is 3.60. The highest BCUT2D eigenvalue weighted by Gasteiger charge is 2.11. The number of methoxy groups -OCH3 is 1. The van der Waals surface area contributed by atoms with Crippen LogP contribution in [0.4, 0.5) is 0 Å². The number of ether oxygens (including phenoxy) is 4. The first kappa shape index (κ1) is 22.9. The van der Waals surface area contributed by atoms with Gasteiger partial charge in [0.1, 0.15) is 11.9 Å². The second-order valence-electron chi connectivity index (χ2n) is 5.93. The van der Waals surface area contributed by atoms with Gasteiger partial charge in [0.15, 0.2) is 0 Å². The smallest absolute Gasteiger partial charge is 0.303 e. The van der Waals surface area contributed by atoms with E-state index >= 15 is 0 Å². The van der Waals surface area contributed by atoms with Crippen LogP contribution in [-0.4, -0.2) is 61.8 Å². The van der Waals surface area contributed by atoms with Gasteiger partial charge in [0.25, 0.3) is 0 Å². The minimum Gasteiger partial charge on any atom is -0.497 e. The van der Waals surface area contributed by atoms with Gasteiger partial charge >= 0.3 is 11.9 Å². The summed E-state index contributed by atoms with van der Waals surface area (Å²) in [6.07, 6.45) is 0.579. The van der Waals surface area contributed by atoms with Crippen molar-refractivity contribution in [1.82, 2.24) is 0 Å². The molecule has 1 atom stereocenters. The highest BCUT2D eigenvalue weighted by atomic mass is 16.6. The van der Waals surface area contributed by atoms with Gasteiger partial charge in [-0.2, -0.15) is 0 Å². The van der Waals surface area contributed by atoms with E-state index in [-0.39, 0.29) is 32.2 Å². The Morgan fingerprint density at radius 1 is 0.926 bits per heavy atom. The van der Waals surface area contributed by atoms with E-state index < -0.39 is 11.9 Å². The summed E-state index contributed by atoms with van der Waals surface area (Å²) in [6, 6.07) is 7.52. The van der Waals surface area contributed by atoms with Gasteiger partial charge in [0.05, 0.1) is 26.9 Å². The first-order valence-corrected chi connectivity index (χ1v) is 8.85. The molecule has 152 valence electrons. The van der Waals surface area contributed by atoms with Gasteiger partial charge in [0.2, 0.25) is 0 Å². The molecule has 0 fully saturated rings. The number of carboxylic acid groups (broad SMARTS) is 2. The summed E-state index contributed by atoms with van der Waals surface area (Å²) in [4.78, 5) is 21.0. The zero-order chi connectivity index (χ0) is 19.9. The van der Waals surface area contributed by atoms with Crippen molar-refractivity contribution in [3.8, 4) is 5.75 Å². The summed E-state index contributed by atoms with van der Waals surface area (Å²) < 4.78 is 21.9. The highest BCUT2D eigenvalue weighted by molar-refractivity contribution is 5.66. The van der Waals surface area contributed by atoms with Crippen LogP contribution in [0.5, 0.6) is 5.75 Å². The third kappa shape index (κ3) is 12.0. The van der Waals surface area contributed by atoms with E-state index in [2.05, 4.69) is 0 Å². The van der Waals surface area contributed by atoms with E-state index in [0.717, 1.165) is 11.3 Å². The molecule has 0 radical (unpaired) electrons. The maximum Gasteiger partial charge on any atom is 0.303 e. The molecule has 1 aromatic rings. The van der Waals surface area contributed by atoms with Crippen molar-refractivity contribution < 1.29 is 38.7 Å². The molecule has 0 bridgehead atoms. The molecule has 27 heavy (non-hydrogen) atoms. The Hall–Kier alpha value is -2.16. The number of aliphatic carboxylic acids is 2. The van der Waals surface area contributed by atoms with Crippen molar-refractivity contribution in [1.29, 1.82) is 0 Å². The number of hydrogen-bond donors (Lipinski definition) is 2. The molecule has 0 aliphatic rings. The van der Waals surface area contributed by atoms with Crippen molar-refractivity contribution in [3.63, 3.8) is 0 Å². The zero-order valence-electron chi connectivity index (χ0n) is 15.6. The average molecular weight is 384 g/mol. The minimum absolute atomic E-state index is 0.0406. The molecule has 0 aromatic heterocycles. The van der Waals surface area contributed by atoms with Crippen molar-refractivity contribution in [2.24, 2.45) is 0 Å². The number of hydrogen-bond acceptors (Lipinski definition) is 6. The molecular weight excluding hydrogens is 356 g/mol. The SMILES string of the molecule is COc1ccc(COCC(COCCCC(=O)O)OCCCC(=O)O)cc1. The van der Waals surface area contributed by atoms with Gasteiger partial charge in [-0.3, -0.25) is 9.59 Å². The van der Waals surface area contributed by atoms with Crippen LogP contribution in [0, 0.1) is 0 Å². The van der Waals surface area contributed by atoms with Gasteiger partial charge in [-0.15, -0.1) is 0 Å². The van der Waals surface area contributed by atoms with E-state index in [1.54, 1.807) is 7.11 Å². The lowest BCUT2D eigenvalue weighted by Gasteiger charge is -2.18. The van der Waals surface area contributed by atoms with Crippen LogP contribution in [0.1, 0.15) is 31.2 Å². The summed E-state index contributed by atoms with van der Waals surface area (Å²) in [5, 5.41) is 17.3. The molecule has 0 aliphatic heterocycles. The van der Waals surface area contributed by atoms with Crippen LogP contribution in [0.3, 0.4) is 0 Å². The Labute approximate surface area is 159 Å². The standard InChI is InChI=1S/C19H28O8/c1-24-16-8-6-15(7-9-16)12-26-14-17(27-11-3-5-19(22)23)13-25-10-2-4-18(20)21/h6-9,17H,2-5,10-14H2,1H3,(H,20,21)(H,22,23). The fourth-order valence-electron chi connectivity index (χ4n) is 2.19. The first-order chi connectivity index (χ1) is 13.0. The predicted molar refractivity (Wildman–Crippen MR) is 96.9 cm³/mol. The monoisotopic (exact) mass is 384 g/mol. The molecule has 1 unspecified atom stereocenters. The van der Waals surface area contributed by atoms with Crippen LogP contribution in [0.15, 0.2) is 24.3 Å². The maximum absolute atomic E-state index is 10.6. The van der Waals surface area contributed by atoms with Crippen LogP contribution < -0.4 is 4.74 Å². The lowest BCUT2D eigenvalue weighted by Crippen LogP contribution is -2.26. The van der Waals surface area contributed by atoms with Gasteiger partial charge in [-0.1, -0.05) is 12.1 Å². The number of carboxylic acids is 2. The summed E-state index contributed by atoms with van der Waals surface area (Å²) in [5.74, 6) is -0.952. The largest absolute Gasteiger partial charge is 0.497 e. The molecule has 0 saturated heterocycles. The molecule has 8 heteroatoms. The second kappa shape index (κ2) is 14.0. The van der Waals surface area contributed by atoms with E-state index in [1.165, 1.54) is 0 Å². The van der Waals surface area contributed by atoms with E-state index in [4.69, 9.17) is 29.2 Å². The molecule has 8 nitrogen and oxygen atoms in total. The molecule has 1 rings (SSSR count). The lowest BCUT2D eigenvalue weighted by atomic mass is 10.2. The van der Waals surface area contributed by atoms with Crippen LogP contribution in [0.2, 0.25) is 0 Å². The quantitative estimate of drug-likeness (QED) is 0.418. The maximum atomic E-state index is 10.6. The van der Waals surface area contributed by atoms with Crippen molar-refractivity contribution in [2.45, 2.75) is 38.4 Å². The van der Waals surface area contributed by atoms with Gasteiger partial charge in [-0.25, -0.2) is 0 Å². The fraction of sp³-hybridized carbons (Fsp3) is 0.579. The first-order valence-electron chi connectivity index (χ1n) is 8.85. The van der Waals surface area contributed by atoms with Crippen molar-refractivity contribution in [3.05, 3.63) is 29.8 Å². The van der Waals surface area contributed by atoms with Gasteiger partial charge < -0.3 is 29.2 Å². The van der Waals surface area contributed by atoms with Crippen LogP contribution >= 0.6 is 0 Å². The normalized spacial score (nSPS) is 11.9. The van der Waals surface area contributed by atoms with Crippen molar-refractivity contribution >= 4 is 11.9 Å². The highest BCUT2D eigenvalue weighted by Crippen LogP contribution is 2.12. The lowest BCUT2D eigenvalue weighted by molar-refractivity contribution is -0.139. The predicted octanol–water partition coefficient (Wildman–Crippen LogP) is 2.34. The van der Waals surface area contributed by atoms with Gasteiger partial charge in [-0.05, 0) is 30.5 Å². The van der Waals surface area contributed by atoms with E-state index in [9.17, 15) is 9.59 Å². The Kier molecular flexibility index (Phi) is 11.8. The van der Waals surface area contributed by atoms with Crippen LogP contribution in [0.25, 0.3) is 0 Å². The number of carbonyl (C=O) groups is 2. The summed E-state index contributed by atoms with van der Waals surface area (Å²) in [5.41, 5.74) is 0.989. The van der Waals surface area contributed by atoms with Crippen LogP contribution in [-0.2, 0) is 30.4 Å². The molecule has 1 aromatic carbocycles. The Balaban J connectivity index is 2.33. The second-order valence-corrected chi connectivity index (χ2v) is 5.93. The van der Waals surface area contributed by atoms with Crippen molar-refractivity contribution in [2.75, 3.05) is 33.5 Å². The Morgan fingerprint density at radius 2 is 1.52 bits per heavy atom. The average Bonchev–Trinajstić information content (AvgIpc) is 2.64. The third-order valence-corrected chi connectivity index (χ3v) is 3.60. The number of benzene rings is 1. The summed E-state index contributed by atoms with van der Waals surface area (Å²) in [7, 11) is 1.61. The summed E-state index contributed by atoms with van der Waals surface area (Å²) >= 11 is 0. The zero-order valence-corrected chi connectivity index (χ0v) is 15.6. The van der Waals surface area contributed by atoms with E-state index in [0.29, 0.717) is 32.7 Å². The summed E-state index contributed by atoms with van der Waals surface area (Å²) in [6.45, 7) is 1.56. The molecule has 0 spiro atoms. The molecule has 0 heterocycles.